The second-order valence-electron chi connectivity index (χ2n) is 5.92. The molecule has 126 valence electrons. The molecule has 0 aromatic heterocycles. The molecule has 5 nitrogen and oxygen atoms in total. The lowest BCUT2D eigenvalue weighted by Gasteiger charge is -2.36. The minimum absolute atomic E-state index is 0.0497. The third-order valence-electron chi connectivity index (χ3n) is 4.15. The van der Waals surface area contributed by atoms with Crippen molar-refractivity contribution in [3.05, 3.63) is 30.1 Å². The fraction of sp³-hybridized carbons (Fsp3) is 0.529. The third kappa shape index (κ3) is 4.94. The van der Waals surface area contributed by atoms with Crippen LogP contribution >= 0.6 is 0 Å². The molecule has 0 spiro atoms. The van der Waals surface area contributed by atoms with E-state index in [1.165, 1.54) is 12.1 Å². The Hall–Kier alpha value is -2.11. The molecule has 0 radical (unpaired) electrons. The summed E-state index contributed by atoms with van der Waals surface area (Å²) in [6, 6.07) is 5.94. The zero-order valence-corrected chi connectivity index (χ0v) is 13.2. The first-order valence-electron chi connectivity index (χ1n) is 7.88. The van der Waals surface area contributed by atoms with Crippen LogP contribution in [-0.4, -0.2) is 41.1 Å². The number of likely N-dealkylation sites (tertiary alicyclic amines) is 1. The van der Waals surface area contributed by atoms with Crippen molar-refractivity contribution in [1.82, 2.24) is 4.90 Å². The molecule has 1 saturated heterocycles. The molecule has 1 aromatic carbocycles. The molecule has 0 saturated carbocycles. The predicted octanol–water partition coefficient (Wildman–Crippen LogP) is 2.70. The summed E-state index contributed by atoms with van der Waals surface area (Å²) >= 11 is 0. The van der Waals surface area contributed by atoms with Crippen LogP contribution in [0.4, 0.5) is 4.39 Å². The number of hydrogen-bond acceptors (Lipinski definition) is 3. The Kier molecular flexibility index (Phi) is 5.96. The van der Waals surface area contributed by atoms with Crippen molar-refractivity contribution < 1.29 is 23.8 Å². The topological polar surface area (TPSA) is 66.8 Å². The minimum Gasteiger partial charge on any atom is -0.493 e. The van der Waals surface area contributed by atoms with Crippen LogP contribution in [0.15, 0.2) is 24.3 Å². The minimum atomic E-state index is -0.843. The van der Waals surface area contributed by atoms with E-state index in [2.05, 4.69) is 0 Å². The van der Waals surface area contributed by atoms with Crippen LogP contribution in [-0.2, 0) is 9.59 Å². The molecule has 6 heteroatoms. The third-order valence-corrected chi connectivity index (χ3v) is 4.15. The van der Waals surface area contributed by atoms with Gasteiger partial charge >= 0.3 is 5.97 Å². The number of carboxylic acid groups (broad SMARTS) is 1. The van der Waals surface area contributed by atoms with Crippen LogP contribution < -0.4 is 4.74 Å². The number of benzene rings is 1. The Morgan fingerprint density at radius 2 is 2.17 bits per heavy atom. The normalized spacial score (nSPS) is 21.0. The van der Waals surface area contributed by atoms with Gasteiger partial charge in [-0.1, -0.05) is 6.07 Å². The van der Waals surface area contributed by atoms with E-state index in [9.17, 15) is 14.0 Å². The number of aliphatic carboxylic acids is 1. The fourth-order valence-corrected chi connectivity index (χ4v) is 2.77. The van der Waals surface area contributed by atoms with Gasteiger partial charge in [-0.2, -0.15) is 0 Å². The second-order valence-corrected chi connectivity index (χ2v) is 5.92. The molecular weight excluding hydrogens is 301 g/mol. The number of amides is 1. The van der Waals surface area contributed by atoms with E-state index in [0.717, 1.165) is 0 Å². The summed E-state index contributed by atoms with van der Waals surface area (Å²) in [4.78, 5) is 25.0. The maximum absolute atomic E-state index is 13.0. The van der Waals surface area contributed by atoms with E-state index in [1.807, 2.05) is 6.92 Å². The highest BCUT2D eigenvalue weighted by molar-refractivity contribution is 5.78. The summed E-state index contributed by atoms with van der Waals surface area (Å²) in [7, 11) is 0. The van der Waals surface area contributed by atoms with Gasteiger partial charge in [-0.25, -0.2) is 4.39 Å². The highest BCUT2D eigenvalue weighted by Crippen LogP contribution is 2.23. The van der Waals surface area contributed by atoms with Crippen molar-refractivity contribution >= 4 is 11.9 Å². The van der Waals surface area contributed by atoms with Crippen LogP contribution in [0.3, 0.4) is 0 Å². The zero-order valence-electron chi connectivity index (χ0n) is 13.2. The molecule has 0 bridgehead atoms. The molecule has 1 heterocycles. The van der Waals surface area contributed by atoms with Crippen molar-refractivity contribution in [1.29, 1.82) is 0 Å². The van der Waals surface area contributed by atoms with Crippen molar-refractivity contribution in [2.45, 2.75) is 38.6 Å². The van der Waals surface area contributed by atoms with Gasteiger partial charge in [0, 0.05) is 25.1 Å². The van der Waals surface area contributed by atoms with Gasteiger partial charge in [0.1, 0.15) is 11.6 Å². The summed E-state index contributed by atoms with van der Waals surface area (Å²) in [5.41, 5.74) is 0. The Morgan fingerprint density at radius 1 is 1.39 bits per heavy atom. The molecule has 1 amide bonds. The second kappa shape index (κ2) is 7.94. The van der Waals surface area contributed by atoms with Gasteiger partial charge in [-0.15, -0.1) is 0 Å². The van der Waals surface area contributed by atoms with Crippen LogP contribution in [0.25, 0.3) is 0 Å². The van der Waals surface area contributed by atoms with Gasteiger partial charge in [0.15, 0.2) is 0 Å². The molecule has 1 aliphatic heterocycles. The average molecular weight is 323 g/mol. The standard InChI is InChI=1S/C17H22FNO4/c1-12-7-8-13(17(21)22)11-19(12)16(20)6-3-9-23-15-5-2-4-14(18)10-15/h2,4-5,10,12-13H,3,6-9,11H2,1H3,(H,21,22). The molecule has 2 atom stereocenters. The maximum atomic E-state index is 13.0. The van der Waals surface area contributed by atoms with Crippen LogP contribution in [0.5, 0.6) is 5.75 Å². The molecule has 1 aromatic rings. The Balaban J connectivity index is 1.76. The number of carbonyl (C=O) groups excluding carboxylic acids is 1. The Labute approximate surface area is 135 Å². The summed E-state index contributed by atoms with van der Waals surface area (Å²) in [6.45, 7) is 2.54. The number of nitrogens with zero attached hydrogens (tertiary/aromatic N) is 1. The number of piperidine rings is 1. The summed E-state index contributed by atoms with van der Waals surface area (Å²) in [5.74, 6) is -1.29. The van der Waals surface area contributed by atoms with E-state index < -0.39 is 11.9 Å². The quantitative estimate of drug-likeness (QED) is 0.817. The van der Waals surface area contributed by atoms with Crippen LogP contribution in [0.1, 0.15) is 32.6 Å². The SMILES string of the molecule is CC1CCC(C(=O)O)CN1C(=O)CCCOc1cccc(F)c1. The van der Waals surface area contributed by atoms with Gasteiger partial charge < -0.3 is 14.7 Å². The summed E-state index contributed by atoms with van der Waals surface area (Å²) < 4.78 is 18.4. The lowest BCUT2D eigenvalue weighted by Crippen LogP contribution is -2.47. The number of carbonyl (C=O) groups is 2. The highest BCUT2D eigenvalue weighted by Gasteiger charge is 2.32. The molecule has 1 aliphatic rings. The van der Waals surface area contributed by atoms with Crippen LogP contribution in [0, 0.1) is 11.7 Å². The first-order valence-corrected chi connectivity index (χ1v) is 7.88. The van der Waals surface area contributed by atoms with E-state index >= 15 is 0 Å². The largest absolute Gasteiger partial charge is 0.493 e. The number of carboxylic acids is 1. The first kappa shape index (κ1) is 17.2. The number of halogens is 1. The number of rotatable bonds is 6. The van der Waals surface area contributed by atoms with E-state index in [0.29, 0.717) is 38.0 Å². The fourth-order valence-electron chi connectivity index (χ4n) is 2.77. The van der Waals surface area contributed by atoms with Gasteiger partial charge in [0.2, 0.25) is 5.91 Å². The van der Waals surface area contributed by atoms with E-state index in [-0.39, 0.29) is 24.3 Å². The monoisotopic (exact) mass is 323 g/mol. The smallest absolute Gasteiger partial charge is 0.308 e. The highest BCUT2D eigenvalue weighted by atomic mass is 19.1. The molecule has 0 aliphatic carbocycles. The van der Waals surface area contributed by atoms with E-state index in [1.54, 1.807) is 17.0 Å². The van der Waals surface area contributed by atoms with Crippen molar-refractivity contribution in [3.63, 3.8) is 0 Å². The van der Waals surface area contributed by atoms with Crippen molar-refractivity contribution in [3.8, 4) is 5.75 Å². The molecule has 23 heavy (non-hydrogen) atoms. The van der Waals surface area contributed by atoms with Gasteiger partial charge in [-0.05, 0) is 38.3 Å². The zero-order chi connectivity index (χ0) is 16.8. The van der Waals surface area contributed by atoms with Gasteiger partial charge in [-0.3, -0.25) is 9.59 Å². The summed E-state index contributed by atoms with van der Waals surface area (Å²) in [6.07, 6.45) is 2.13. The van der Waals surface area contributed by atoms with Crippen molar-refractivity contribution in [2.24, 2.45) is 5.92 Å². The molecular formula is C17H22FNO4. The Morgan fingerprint density at radius 3 is 2.87 bits per heavy atom. The lowest BCUT2D eigenvalue weighted by molar-refractivity contribution is -0.147. The van der Waals surface area contributed by atoms with Crippen LogP contribution in [0.2, 0.25) is 0 Å². The van der Waals surface area contributed by atoms with Gasteiger partial charge in [0.25, 0.3) is 0 Å². The predicted molar refractivity (Wildman–Crippen MR) is 82.7 cm³/mol. The number of hydrogen-bond donors (Lipinski definition) is 1. The van der Waals surface area contributed by atoms with Crippen molar-refractivity contribution in [2.75, 3.05) is 13.2 Å². The molecule has 1 N–H and O–H groups in total. The summed E-state index contributed by atoms with van der Waals surface area (Å²) in [5, 5.41) is 9.10. The number of ether oxygens (including phenoxy) is 1. The van der Waals surface area contributed by atoms with E-state index in [4.69, 9.17) is 9.84 Å². The van der Waals surface area contributed by atoms with Gasteiger partial charge in [0.05, 0.1) is 12.5 Å². The Bertz CT molecular complexity index is 563. The first-order chi connectivity index (χ1) is 11.0. The molecule has 1 fully saturated rings. The lowest BCUT2D eigenvalue weighted by atomic mass is 9.93. The maximum Gasteiger partial charge on any atom is 0.308 e. The molecule has 2 unspecified atom stereocenters. The average Bonchev–Trinajstić information content (AvgIpc) is 2.51. The molecule has 2 rings (SSSR count).